The Morgan fingerprint density at radius 1 is 0.800 bits per heavy atom. The monoisotopic (exact) mass is 404 g/mol. The van der Waals surface area contributed by atoms with Gasteiger partial charge in [-0.15, -0.1) is 0 Å². The minimum absolute atomic E-state index is 0.125. The second-order valence-corrected chi connectivity index (χ2v) is 7.36. The number of fused-ring (bicyclic) bond motifs is 2. The fourth-order valence-electron chi connectivity index (χ4n) is 3.77. The third kappa shape index (κ3) is 3.29. The number of H-pyrrole nitrogens is 2. The van der Waals surface area contributed by atoms with Gasteiger partial charge >= 0.3 is 0 Å². The highest BCUT2D eigenvalue weighted by molar-refractivity contribution is 5.95. The number of rotatable bonds is 2. The van der Waals surface area contributed by atoms with Crippen molar-refractivity contribution in [1.82, 2.24) is 29.7 Å². The lowest BCUT2D eigenvalue weighted by molar-refractivity contribution is 0.0622. The summed E-state index contributed by atoms with van der Waals surface area (Å²) in [6.45, 7) is 0.831. The van der Waals surface area contributed by atoms with Crippen LogP contribution in [0.15, 0.2) is 48.5 Å². The smallest absolute Gasteiger partial charge is 0.289 e. The second kappa shape index (κ2) is 7.27. The average Bonchev–Trinajstić information content (AvgIpc) is 3.33. The molecule has 30 heavy (non-hydrogen) atoms. The lowest BCUT2D eigenvalue weighted by atomic mass is 10.3. The van der Waals surface area contributed by atoms with Gasteiger partial charge in [0.25, 0.3) is 11.8 Å². The van der Waals surface area contributed by atoms with Crippen LogP contribution in [-0.4, -0.2) is 78.9 Å². The van der Waals surface area contributed by atoms with Crippen LogP contribution in [-0.2, 0) is 0 Å². The van der Waals surface area contributed by atoms with Gasteiger partial charge in [0.2, 0.25) is 0 Å². The van der Waals surface area contributed by atoms with Crippen LogP contribution in [0.25, 0.3) is 22.1 Å². The molecule has 9 nitrogen and oxygen atoms in total. The molecule has 2 aromatic carbocycles. The van der Waals surface area contributed by atoms with Gasteiger partial charge in [-0.3, -0.25) is 9.59 Å². The number of β-amino-alcohol motifs (C(OH)–C–C–N with tert-alkyl or cyclic N) is 1. The van der Waals surface area contributed by atoms with Crippen molar-refractivity contribution in [1.29, 1.82) is 0 Å². The number of nitrogens with one attached hydrogen (secondary N) is 2. The van der Waals surface area contributed by atoms with Crippen molar-refractivity contribution in [3.05, 3.63) is 60.2 Å². The van der Waals surface area contributed by atoms with Crippen molar-refractivity contribution in [2.75, 3.05) is 26.2 Å². The molecule has 0 unspecified atom stereocenters. The van der Waals surface area contributed by atoms with Crippen LogP contribution in [0.1, 0.15) is 21.2 Å². The van der Waals surface area contributed by atoms with Gasteiger partial charge in [0.05, 0.1) is 28.2 Å². The van der Waals surface area contributed by atoms with Gasteiger partial charge < -0.3 is 24.9 Å². The second-order valence-electron chi connectivity index (χ2n) is 7.36. The molecule has 152 valence electrons. The molecular formula is C21H20N6O3. The topological polar surface area (TPSA) is 118 Å². The Balaban J connectivity index is 1.34. The van der Waals surface area contributed by atoms with Crippen LogP contribution in [0.3, 0.4) is 0 Å². The van der Waals surface area contributed by atoms with E-state index in [1.807, 2.05) is 48.5 Å². The molecule has 0 atom stereocenters. The first-order valence-corrected chi connectivity index (χ1v) is 9.74. The Morgan fingerprint density at radius 3 is 1.67 bits per heavy atom. The Bertz CT molecular complexity index is 1080. The number of nitrogens with zero attached hydrogens (tertiary/aromatic N) is 4. The quantitative estimate of drug-likeness (QED) is 0.467. The third-order valence-electron chi connectivity index (χ3n) is 5.26. The number of benzene rings is 2. The number of amides is 2. The lowest BCUT2D eigenvalue weighted by Gasteiger charge is -2.20. The Hall–Kier alpha value is -3.72. The molecular weight excluding hydrogens is 384 g/mol. The van der Waals surface area contributed by atoms with E-state index in [0.29, 0.717) is 24.1 Å². The van der Waals surface area contributed by atoms with Crippen molar-refractivity contribution in [2.45, 2.75) is 6.10 Å². The van der Waals surface area contributed by atoms with Gasteiger partial charge in [0.15, 0.2) is 11.6 Å². The summed E-state index contributed by atoms with van der Waals surface area (Å²) in [5.41, 5.74) is 2.96. The molecule has 0 radical (unpaired) electrons. The van der Waals surface area contributed by atoms with Crippen LogP contribution in [0, 0.1) is 0 Å². The van der Waals surface area contributed by atoms with Crippen molar-refractivity contribution < 1.29 is 14.7 Å². The van der Waals surface area contributed by atoms with E-state index in [0.717, 1.165) is 11.0 Å². The maximum atomic E-state index is 12.9. The van der Waals surface area contributed by atoms with E-state index in [1.54, 1.807) is 0 Å². The van der Waals surface area contributed by atoms with E-state index < -0.39 is 6.10 Å². The molecule has 1 fully saturated rings. The first-order chi connectivity index (χ1) is 14.6. The summed E-state index contributed by atoms with van der Waals surface area (Å²) in [5.74, 6) is -0.160. The van der Waals surface area contributed by atoms with E-state index >= 15 is 0 Å². The number of aromatic amines is 2. The minimum atomic E-state index is -0.867. The van der Waals surface area contributed by atoms with E-state index in [2.05, 4.69) is 19.9 Å². The molecule has 1 aliphatic rings. The number of aliphatic hydroxyl groups is 1. The van der Waals surface area contributed by atoms with Crippen LogP contribution < -0.4 is 0 Å². The summed E-state index contributed by atoms with van der Waals surface area (Å²) >= 11 is 0. The number of aliphatic hydroxyl groups excluding tert-OH is 1. The van der Waals surface area contributed by atoms with Crippen molar-refractivity contribution in [2.24, 2.45) is 0 Å². The molecule has 0 aliphatic carbocycles. The molecule has 9 heteroatoms. The van der Waals surface area contributed by atoms with Gasteiger partial charge in [-0.05, 0) is 24.3 Å². The third-order valence-corrected chi connectivity index (χ3v) is 5.26. The summed E-state index contributed by atoms with van der Waals surface area (Å²) < 4.78 is 0. The van der Waals surface area contributed by atoms with Gasteiger partial charge in [-0.1, -0.05) is 24.3 Å². The SMILES string of the molecule is O=C(c1nc2ccccc2[nH]1)N1CCN(C(=O)c2nc3ccccc3[nH]2)CC(O)C1. The van der Waals surface area contributed by atoms with Gasteiger partial charge in [-0.25, -0.2) is 9.97 Å². The molecule has 3 N–H and O–H groups in total. The number of carbonyl (C=O) groups is 2. The van der Waals surface area contributed by atoms with Crippen molar-refractivity contribution in [3.8, 4) is 0 Å². The number of carbonyl (C=O) groups excluding carboxylic acids is 2. The summed E-state index contributed by atoms with van der Waals surface area (Å²) in [6.07, 6.45) is -0.867. The molecule has 3 heterocycles. The van der Waals surface area contributed by atoms with E-state index in [-0.39, 0.29) is 36.6 Å². The van der Waals surface area contributed by atoms with Crippen LogP contribution in [0.4, 0.5) is 0 Å². The number of hydrogen-bond acceptors (Lipinski definition) is 5. The van der Waals surface area contributed by atoms with Crippen LogP contribution in [0.2, 0.25) is 0 Å². The molecule has 0 bridgehead atoms. The highest BCUT2D eigenvalue weighted by Crippen LogP contribution is 2.16. The number of imidazole rings is 2. The van der Waals surface area contributed by atoms with Crippen LogP contribution >= 0.6 is 0 Å². The van der Waals surface area contributed by atoms with Crippen LogP contribution in [0.5, 0.6) is 0 Å². The zero-order valence-corrected chi connectivity index (χ0v) is 16.1. The zero-order chi connectivity index (χ0) is 20.7. The summed E-state index contributed by atoms with van der Waals surface area (Å²) in [5, 5.41) is 10.5. The predicted molar refractivity (Wildman–Crippen MR) is 110 cm³/mol. The first kappa shape index (κ1) is 18.3. The molecule has 5 rings (SSSR count). The molecule has 4 aromatic rings. The highest BCUT2D eigenvalue weighted by atomic mass is 16.3. The zero-order valence-electron chi connectivity index (χ0n) is 16.1. The molecule has 1 aliphatic heterocycles. The van der Waals surface area contributed by atoms with Gasteiger partial charge in [0.1, 0.15) is 0 Å². The fourth-order valence-corrected chi connectivity index (χ4v) is 3.77. The Kier molecular flexibility index (Phi) is 4.44. The number of aromatic nitrogens is 4. The molecule has 2 aromatic heterocycles. The largest absolute Gasteiger partial charge is 0.389 e. The first-order valence-electron chi connectivity index (χ1n) is 9.74. The normalized spacial score (nSPS) is 15.6. The molecule has 2 amide bonds. The van der Waals surface area contributed by atoms with E-state index in [9.17, 15) is 14.7 Å². The average molecular weight is 404 g/mol. The maximum absolute atomic E-state index is 12.9. The maximum Gasteiger partial charge on any atom is 0.289 e. The van der Waals surface area contributed by atoms with E-state index in [4.69, 9.17) is 0 Å². The minimum Gasteiger partial charge on any atom is -0.389 e. The predicted octanol–water partition coefficient (Wildman–Crippen LogP) is 1.40. The summed E-state index contributed by atoms with van der Waals surface area (Å²) in [7, 11) is 0. The summed E-state index contributed by atoms with van der Waals surface area (Å²) in [4.78, 5) is 43.6. The highest BCUT2D eigenvalue weighted by Gasteiger charge is 2.30. The number of hydrogen-bond donors (Lipinski definition) is 3. The van der Waals surface area contributed by atoms with Gasteiger partial charge in [0, 0.05) is 26.2 Å². The molecule has 1 saturated heterocycles. The Morgan fingerprint density at radius 2 is 1.23 bits per heavy atom. The van der Waals surface area contributed by atoms with Crippen molar-refractivity contribution in [3.63, 3.8) is 0 Å². The standard InChI is InChI=1S/C21H20N6O3/c28-13-11-26(20(29)18-22-14-5-1-2-6-15(14)23-18)9-10-27(12-13)21(30)19-24-16-7-3-4-8-17(16)25-19/h1-8,13,28H,9-12H2,(H,22,23)(H,24,25). The summed E-state index contributed by atoms with van der Waals surface area (Å²) in [6, 6.07) is 14.8. The Labute approximate surface area is 171 Å². The lowest BCUT2D eigenvalue weighted by Crippen LogP contribution is -2.38. The molecule has 0 saturated carbocycles. The van der Waals surface area contributed by atoms with Gasteiger partial charge in [-0.2, -0.15) is 0 Å². The number of para-hydroxylation sites is 4. The fraction of sp³-hybridized carbons (Fsp3) is 0.238. The van der Waals surface area contributed by atoms with E-state index in [1.165, 1.54) is 9.80 Å². The van der Waals surface area contributed by atoms with Crippen molar-refractivity contribution >= 4 is 33.9 Å². The molecule has 0 spiro atoms.